The molecule has 6 nitrogen and oxygen atoms in total. The first kappa shape index (κ1) is 20.6. The van der Waals surface area contributed by atoms with Crippen LogP contribution < -0.4 is 10.6 Å². The standard InChI is InChI=1S/C22H33N5O/c1-16-15-23-21(26-22(2,3)4)25-20(16)24-19-7-5-6-18(14-19)17-8-10-27(11-9-17)12-13-28/h5-7,14-15,17,28H,8-13H2,1-4H3,(H2,23,24,25,26). The molecule has 6 heteroatoms. The molecule has 0 atom stereocenters. The van der Waals surface area contributed by atoms with Gasteiger partial charge in [-0.05, 0) is 77.2 Å². The zero-order valence-electron chi connectivity index (χ0n) is 17.5. The summed E-state index contributed by atoms with van der Waals surface area (Å²) in [6.45, 7) is 11.4. The molecule has 0 amide bonds. The van der Waals surface area contributed by atoms with E-state index in [1.807, 2.05) is 13.1 Å². The Balaban J connectivity index is 1.70. The van der Waals surface area contributed by atoms with E-state index in [1.54, 1.807) is 0 Å². The highest BCUT2D eigenvalue weighted by Crippen LogP contribution is 2.30. The average molecular weight is 384 g/mol. The number of aromatic nitrogens is 2. The topological polar surface area (TPSA) is 73.3 Å². The van der Waals surface area contributed by atoms with Gasteiger partial charge in [0.15, 0.2) is 0 Å². The van der Waals surface area contributed by atoms with Crippen LogP contribution in [0.15, 0.2) is 30.5 Å². The number of aryl methyl sites for hydroxylation is 1. The van der Waals surface area contributed by atoms with Gasteiger partial charge < -0.3 is 20.6 Å². The number of β-amino-alcohol motifs (C(OH)–C–C–N with tert-alkyl or cyclic N) is 1. The fourth-order valence-electron chi connectivity index (χ4n) is 3.60. The number of rotatable bonds is 6. The summed E-state index contributed by atoms with van der Waals surface area (Å²) in [6, 6.07) is 8.66. The number of benzene rings is 1. The van der Waals surface area contributed by atoms with E-state index < -0.39 is 0 Å². The number of piperidine rings is 1. The van der Waals surface area contributed by atoms with Crippen molar-refractivity contribution in [2.45, 2.75) is 52.0 Å². The number of hydrogen-bond donors (Lipinski definition) is 3. The van der Waals surface area contributed by atoms with E-state index in [2.05, 4.69) is 70.5 Å². The van der Waals surface area contributed by atoms with E-state index in [0.717, 1.165) is 49.5 Å². The van der Waals surface area contributed by atoms with Gasteiger partial charge in [0.25, 0.3) is 0 Å². The smallest absolute Gasteiger partial charge is 0.225 e. The van der Waals surface area contributed by atoms with Gasteiger partial charge in [-0.3, -0.25) is 0 Å². The Bertz CT molecular complexity index is 779. The van der Waals surface area contributed by atoms with Crippen LogP contribution in [0.25, 0.3) is 0 Å². The third-order valence-electron chi connectivity index (χ3n) is 5.08. The Labute approximate surface area is 168 Å². The predicted molar refractivity (Wildman–Crippen MR) is 115 cm³/mol. The average Bonchev–Trinajstić information content (AvgIpc) is 2.64. The van der Waals surface area contributed by atoms with Crippen LogP contribution >= 0.6 is 0 Å². The van der Waals surface area contributed by atoms with Gasteiger partial charge in [0.2, 0.25) is 5.95 Å². The highest BCUT2D eigenvalue weighted by Gasteiger charge is 2.20. The first-order valence-electron chi connectivity index (χ1n) is 10.2. The van der Waals surface area contributed by atoms with Crippen LogP contribution in [-0.2, 0) is 0 Å². The number of nitrogens with one attached hydrogen (secondary N) is 2. The van der Waals surface area contributed by atoms with Gasteiger partial charge in [0.05, 0.1) is 6.61 Å². The fraction of sp³-hybridized carbons (Fsp3) is 0.545. The molecule has 0 saturated carbocycles. The summed E-state index contributed by atoms with van der Waals surface area (Å²) in [5.74, 6) is 2.03. The highest BCUT2D eigenvalue weighted by atomic mass is 16.3. The summed E-state index contributed by atoms with van der Waals surface area (Å²) >= 11 is 0. The van der Waals surface area contributed by atoms with E-state index in [1.165, 1.54) is 5.56 Å². The third-order valence-corrected chi connectivity index (χ3v) is 5.08. The van der Waals surface area contributed by atoms with Crippen molar-refractivity contribution < 1.29 is 5.11 Å². The molecule has 0 radical (unpaired) electrons. The maximum atomic E-state index is 9.12. The molecule has 1 aromatic heterocycles. The van der Waals surface area contributed by atoms with Crippen LogP contribution in [0, 0.1) is 6.92 Å². The van der Waals surface area contributed by atoms with Gasteiger partial charge in [-0.15, -0.1) is 0 Å². The van der Waals surface area contributed by atoms with Crippen LogP contribution in [0.5, 0.6) is 0 Å². The first-order chi connectivity index (χ1) is 13.3. The van der Waals surface area contributed by atoms with Gasteiger partial charge in [0.1, 0.15) is 5.82 Å². The molecule has 0 spiro atoms. The molecule has 0 unspecified atom stereocenters. The number of aliphatic hydroxyl groups excluding tert-OH is 1. The zero-order chi connectivity index (χ0) is 20.1. The maximum Gasteiger partial charge on any atom is 0.225 e. The van der Waals surface area contributed by atoms with Crippen molar-refractivity contribution >= 4 is 17.5 Å². The quantitative estimate of drug-likeness (QED) is 0.702. The van der Waals surface area contributed by atoms with Crippen LogP contribution in [0.4, 0.5) is 17.5 Å². The normalized spacial score (nSPS) is 16.2. The molecular formula is C22H33N5O. The summed E-state index contributed by atoms with van der Waals surface area (Å²) in [7, 11) is 0. The lowest BCUT2D eigenvalue weighted by Crippen LogP contribution is -2.34. The van der Waals surface area contributed by atoms with Crippen molar-refractivity contribution in [1.29, 1.82) is 0 Å². The van der Waals surface area contributed by atoms with E-state index in [-0.39, 0.29) is 12.1 Å². The second-order valence-corrected chi connectivity index (χ2v) is 8.69. The minimum absolute atomic E-state index is 0.0860. The van der Waals surface area contributed by atoms with Gasteiger partial charge in [-0.2, -0.15) is 4.98 Å². The molecule has 1 saturated heterocycles. The molecule has 1 aromatic carbocycles. The first-order valence-corrected chi connectivity index (χ1v) is 10.2. The zero-order valence-corrected chi connectivity index (χ0v) is 17.5. The van der Waals surface area contributed by atoms with Crippen LogP contribution in [0.1, 0.15) is 50.7 Å². The number of nitrogens with zero attached hydrogens (tertiary/aromatic N) is 3. The number of anilines is 3. The number of likely N-dealkylation sites (tertiary alicyclic amines) is 1. The number of aliphatic hydroxyl groups is 1. The molecule has 1 fully saturated rings. The van der Waals surface area contributed by atoms with Gasteiger partial charge >= 0.3 is 0 Å². The molecular weight excluding hydrogens is 350 g/mol. The number of hydrogen-bond acceptors (Lipinski definition) is 6. The Morgan fingerprint density at radius 1 is 1.21 bits per heavy atom. The third kappa shape index (κ3) is 5.66. The van der Waals surface area contributed by atoms with Gasteiger partial charge in [-0.1, -0.05) is 12.1 Å². The van der Waals surface area contributed by atoms with Crippen molar-refractivity contribution in [3.63, 3.8) is 0 Å². The predicted octanol–water partition coefficient (Wildman–Crippen LogP) is 3.91. The van der Waals surface area contributed by atoms with Gasteiger partial charge in [-0.25, -0.2) is 4.98 Å². The molecule has 2 heterocycles. The molecule has 152 valence electrons. The summed E-state index contributed by atoms with van der Waals surface area (Å²) in [5.41, 5.74) is 3.35. The van der Waals surface area contributed by atoms with Crippen molar-refractivity contribution in [2.75, 3.05) is 36.9 Å². The van der Waals surface area contributed by atoms with E-state index in [0.29, 0.717) is 11.9 Å². The minimum atomic E-state index is -0.0860. The lowest BCUT2D eigenvalue weighted by atomic mass is 9.89. The van der Waals surface area contributed by atoms with Crippen LogP contribution in [0.2, 0.25) is 0 Å². The van der Waals surface area contributed by atoms with Gasteiger partial charge in [0, 0.05) is 29.5 Å². The Hall–Kier alpha value is -2.18. The molecule has 1 aliphatic rings. The SMILES string of the molecule is Cc1cnc(NC(C)(C)C)nc1Nc1cccc(C2CCN(CCO)CC2)c1. The Morgan fingerprint density at radius 3 is 2.64 bits per heavy atom. The second kappa shape index (κ2) is 8.88. The molecule has 0 aliphatic carbocycles. The lowest BCUT2D eigenvalue weighted by Gasteiger charge is -2.31. The molecule has 3 N–H and O–H groups in total. The summed E-state index contributed by atoms with van der Waals surface area (Å²) in [4.78, 5) is 11.4. The molecule has 2 aromatic rings. The lowest BCUT2D eigenvalue weighted by molar-refractivity contribution is 0.164. The molecule has 0 bridgehead atoms. The van der Waals surface area contributed by atoms with Crippen molar-refractivity contribution in [3.8, 4) is 0 Å². The highest BCUT2D eigenvalue weighted by molar-refractivity contribution is 5.61. The summed E-state index contributed by atoms with van der Waals surface area (Å²) < 4.78 is 0. The van der Waals surface area contributed by atoms with E-state index in [9.17, 15) is 0 Å². The Morgan fingerprint density at radius 2 is 1.96 bits per heavy atom. The summed E-state index contributed by atoms with van der Waals surface area (Å²) in [5, 5.41) is 15.9. The minimum Gasteiger partial charge on any atom is -0.395 e. The second-order valence-electron chi connectivity index (χ2n) is 8.69. The monoisotopic (exact) mass is 383 g/mol. The molecule has 1 aliphatic heterocycles. The molecule has 3 rings (SSSR count). The largest absolute Gasteiger partial charge is 0.395 e. The molecule has 28 heavy (non-hydrogen) atoms. The van der Waals surface area contributed by atoms with Crippen LogP contribution in [-0.4, -0.2) is 51.8 Å². The summed E-state index contributed by atoms with van der Waals surface area (Å²) in [6.07, 6.45) is 4.12. The van der Waals surface area contributed by atoms with Crippen LogP contribution in [0.3, 0.4) is 0 Å². The van der Waals surface area contributed by atoms with E-state index in [4.69, 9.17) is 5.11 Å². The van der Waals surface area contributed by atoms with E-state index >= 15 is 0 Å². The Kier molecular flexibility index (Phi) is 6.52. The van der Waals surface area contributed by atoms with Crippen molar-refractivity contribution in [1.82, 2.24) is 14.9 Å². The van der Waals surface area contributed by atoms with Crippen molar-refractivity contribution in [2.24, 2.45) is 0 Å². The maximum absolute atomic E-state index is 9.12. The van der Waals surface area contributed by atoms with Crippen molar-refractivity contribution in [3.05, 3.63) is 41.6 Å². The fourth-order valence-corrected chi connectivity index (χ4v) is 3.60.